The van der Waals surface area contributed by atoms with Gasteiger partial charge in [0.1, 0.15) is 5.75 Å². The Kier molecular flexibility index (Phi) is 7.25. The van der Waals surface area contributed by atoms with Gasteiger partial charge in [-0.1, -0.05) is 6.92 Å². The summed E-state index contributed by atoms with van der Waals surface area (Å²) in [6.07, 6.45) is 0. The number of nitrogens with one attached hydrogen (secondary N) is 2. The fraction of sp³-hybridized carbons (Fsp3) is 0.467. The smallest absolute Gasteiger partial charge is 0.238 e. The zero-order chi connectivity index (χ0) is 15.7. The van der Waals surface area contributed by atoms with Crippen molar-refractivity contribution >= 4 is 17.5 Å². The van der Waals surface area contributed by atoms with E-state index in [1.54, 1.807) is 31.4 Å². The molecule has 0 saturated carbocycles. The maximum absolute atomic E-state index is 12.0. The van der Waals surface area contributed by atoms with Crippen molar-refractivity contribution in [3.63, 3.8) is 0 Å². The summed E-state index contributed by atoms with van der Waals surface area (Å²) in [6, 6.07) is 7.18. The molecule has 116 valence electrons. The quantitative estimate of drug-likeness (QED) is 0.753. The molecule has 0 fully saturated rings. The van der Waals surface area contributed by atoms with E-state index in [0.717, 1.165) is 18.0 Å². The molecule has 0 bridgehead atoms. The fourth-order valence-corrected chi connectivity index (χ4v) is 1.82. The van der Waals surface area contributed by atoms with Gasteiger partial charge in [-0.2, -0.15) is 0 Å². The number of benzene rings is 1. The van der Waals surface area contributed by atoms with Crippen molar-refractivity contribution in [2.75, 3.05) is 38.6 Å². The Morgan fingerprint density at radius 3 is 2.43 bits per heavy atom. The van der Waals surface area contributed by atoms with Gasteiger partial charge in [0.15, 0.2) is 0 Å². The molecule has 0 aromatic heterocycles. The minimum atomic E-state index is -0.0789. The van der Waals surface area contributed by atoms with E-state index in [0.29, 0.717) is 19.6 Å². The number of anilines is 1. The normalized spacial score (nSPS) is 10.3. The van der Waals surface area contributed by atoms with Gasteiger partial charge in [-0.3, -0.25) is 14.5 Å². The lowest BCUT2D eigenvalue weighted by Gasteiger charge is -2.19. The summed E-state index contributed by atoms with van der Waals surface area (Å²) in [7, 11) is 1.60. The molecule has 0 unspecified atom stereocenters. The van der Waals surface area contributed by atoms with E-state index in [4.69, 9.17) is 4.74 Å². The van der Waals surface area contributed by atoms with Crippen molar-refractivity contribution < 1.29 is 14.3 Å². The van der Waals surface area contributed by atoms with Crippen LogP contribution in [0.5, 0.6) is 5.75 Å². The first-order chi connectivity index (χ1) is 10.0. The summed E-state index contributed by atoms with van der Waals surface area (Å²) in [6.45, 7) is 5.68. The van der Waals surface area contributed by atoms with Crippen LogP contribution in [-0.4, -0.2) is 50.0 Å². The molecule has 0 aliphatic rings. The average Bonchev–Trinajstić information content (AvgIpc) is 2.46. The van der Waals surface area contributed by atoms with Crippen LogP contribution in [0.2, 0.25) is 0 Å². The number of carbonyl (C=O) groups excluding carboxylic acids is 2. The molecule has 0 aliphatic carbocycles. The first-order valence-corrected chi connectivity index (χ1v) is 6.95. The largest absolute Gasteiger partial charge is 0.497 e. The third-order valence-corrected chi connectivity index (χ3v) is 2.99. The summed E-state index contributed by atoms with van der Waals surface area (Å²) in [4.78, 5) is 24.7. The molecule has 1 aromatic carbocycles. The van der Waals surface area contributed by atoms with Gasteiger partial charge in [-0.15, -0.1) is 0 Å². The molecule has 0 aliphatic heterocycles. The molecule has 0 spiro atoms. The minimum Gasteiger partial charge on any atom is -0.497 e. The number of amides is 2. The summed E-state index contributed by atoms with van der Waals surface area (Å²) < 4.78 is 5.06. The van der Waals surface area contributed by atoms with Crippen molar-refractivity contribution in [2.45, 2.75) is 13.8 Å². The second kappa shape index (κ2) is 8.97. The lowest BCUT2D eigenvalue weighted by Crippen LogP contribution is -2.38. The highest BCUT2D eigenvalue weighted by molar-refractivity contribution is 5.92. The van der Waals surface area contributed by atoms with E-state index < -0.39 is 0 Å². The molecule has 0 saturated heterocycles. The monoisotopic (exact) mass is 293 g/mol. The molecule has 21 heavy (non-hydrogen) atoms. The van der Waals surface area contributed by atoms with Gasteiger partial charge in [0.25, 0.3) is 0 Å². The average molecular weight is 293 g/mol. The molecule has 2 N–H and O–H groups in total. The molecule has 0 radical (unpaired) electrons. The van der Waals surface area contributed by atoms with E-state index in [2.05, 4.69) is 10.6 Å². The van der Waals surface area contributed by atoms with Crippen molar-refractivity contribution in [3.05, 3.63) is 24.3 Å². The van der Waals surface area contributed by atoms with Crippen LogP contribution in [0.15, 0.2) is 24.3 Å². The summed E-state index contributed by atoms with van der Waals surface area (Å²) in [5, 5.41) is 5.55. The highest BCUT2D eigenvalue weighted by Gasteiger charge is 2.09. The van der Waals surface area contributed by atoms with Crippen molar-refractivity contribution in [3.8, 4) is 5.75 Å². The highest BCUT2D eigenvalue weighted by atomic mass is 16.5. The highest BCUT2D eigenvalue weighted by Crippen LogP contribution is 2.14. The number of likely N-dealkylation sites (N-methyl/N-ethyl adjacent to an activating group) is 1. The van der Waals surface area contributed by atoms with Crippen LogP contribution in [-0.2, 0) is 9.59 Å². The Morgan fingerprint density at radius 1 is 1.24 bits per heavy atom. The van der Waals surface area contributed by atoms with E-state index >= 15 is 0 Å². The van der Waals surface area contributed by atoms with Gasteiger partial charge in [-0.05, 0) is 30.8 Å². The standard InChI is InChI=1S/C15H23N3O3/c1-4-18(10-9-16-12(2)19)11-15(20)17-13-5-7-14(21-3)8-6-13/h5-8H,4,9-11H2,1-3H3,(H,16,19)(H,17,20). The second-order valence-electron chi connectivity index (χ2n) is 4.63. The third-order valence-electron chi connectivity index (χ3n) is 2.99. The Bertz CT molecular complexity index is 460. The molecule has 6 nitrogen and oxygen atoms in total. The molecular weight excluding hydrogens is 270 g/mol. The van der Waals surface area contributed by atoms with Crippen molar-refractivity contribution in [1.29, 1.82) is 0 Å². The Balaban J connectivity index is 2.40. The van der Waals surface area contributed by atoms with Gasteiger partial charge in [0.05, 0.1) is 13.7 Å². The maximum Gasteiger partial charge on any atom is 0.238 e. The first kappa shape index (κ1) is 17.0. The van der Waals surface area contributed by atoms with Gasteiger partial charge in [-0.25, -0.2) is 0 Å². The maximum atomic E-state index is 12.0. The van der Waals surface area contributed by atoms with Gasteiger partial charge in [0, 0.05) is 25.7 Å². The zero-order valence-corrected chi connectivity index (χ0v) is 12.8. The van der Waals surface area contributed by atoms with E-state index in [1.165, 1.54) is 6.92 Å². The molecular formula is C15H23N3O3. The van der Waals surface area contributed by atoms with Crippen molar-refractivity contribution in [1.82, 2.24) is 10.2 Å². The summed E-state index contributed by atoms with van der Waals surface area (Å²) in [5.74, 6) is 0.608. The topological polar surface area (TPSA) is 70.7 Å². The SMILES string of the molecule is CCN(CCNC(C)=O)CC(=O)Nc1ccc(OC)cc1. The Labute approximate surface area is 125 Å². The van der Waals surface area contributed by atoms with Crippen molar-refractivity contribution in [2.24, 2.45) is 0 Å². The molecule has 6 heteroatoms. The van der Waals surface area contributed by atoms with E-state index in [-0.39, 0.29) is 11.8 Å². The predicted molar refractivity (Wildman–Crippen MR) is 82.4 cm³/mol. The van der Waals surface area contributed by atoms with Crippen LogP contribution in [0, 0.1) is 0 Å². The molecule has 0 heterocycles. The van der Waals surface area contributed by atoms with Crippen LogP contribution in [0.1, 0.15) is 13.8 Å². The molecule has 1 rings (SSSR count). The van der Waals surface area contributed by atoms with Crippen LogP contribution < -0.4 is 15.4 Å². The third kappa shape index (κ3) is 6.76. The number of methoxy groups -OCH3 is 1. The van der Waals surface area contributed by atoms with E-state index in [1.807, 2.05) is 11.8 Å². The van der Waals surface area contributed by atoms with Gasteiger partial charge in [0.2, 0.25) is 11.8 Å². The lowest BCUT2D eigenvalue weighted by molar-refractivity contribution is -0.119. The Morgan fingerprint density at radius 2 is 1.90 bits per heavy atom. The van der Waals surface area contributed by atoms with Gasteiger partial charge >= 0.3 is 0 Å². The lowest BCUT2D eigenvalue weighted by atomic mass is 10.3. The van der Waals surface area contributed by atoms with Gasteiger partial charge < -0.3 is 15.4 Å². The fourth-order valence-electron chi connectivity index (χ4n) is 1.82. The molecule has 1 aromatic rings. The summed E-state index contributed by atoms with van der Waals surface area (Å²) >= 11 is 0. The number of ether oxygens (including phenoxy) is 1. The minimum absolute atomic E-state index is 0.0614. The van der Waals surface area contributed by atoms with Crippen LogP contribution in [0.4, 0.5) is 5.69 Å². The second-order valence-corrected chi connectivity index (χ2v) is 4.63. The number of rotatable bonds is 8. The molecule has 2 amide bonds. The Hall–Kier alpha value is -2.08. The van der Waals surface area contributed by atoms with Crippen LogP contribution in [0.3, 0.4) is 0 Å². The number of hydrogen-bond acceptors (Lipinski definition) is 4. The van der Waals surface area contributed by atoms with E-state index in [9.17, 15) is 9.59 Å². The van der Waals surface area contributed by atoms with Crippen LogP contribution in [0.25, 0.3) is 0 Å². The van der Waals surface area contributed by atoms with Crippen LogP contribution >= 0.6 is 0 Å². The number of carbonyl (C=O) groups is 2. The predicted octanol–water partition coefficient (Wildman–Crippen LogP) is 1.09. The number of hydrogen-bond donors (Lipinski definition) is 2. The zero-order valence-electron chi connectivity index (χ0n) is 12.8. The number of nitrogens with zero attached hydrogens (tertiary/aromatic N) is 1. The molecule has 0 atom stereocenters. The summed E-state index contributed by atoms with van der Waals surface area (Å²) in [5.41, 5.74) is 0.735. The first-order valence-electron chi connectivity index (χ1n) is 6.95.